The van der Waals surface area contributed by atoms with Gasteiger partial charge in [-0.25, -0.2) is 0 Å². The molecule has 0 fully saturated rings. The first-order chi connectivity index (χ1) is 14.0. The molecule has 1 atom stereocenters. The summed E-state index contributed by atoms with van der Waals surface area (Å²) in [6.07, 6.45) is 0. The van der Waals surface area contributed by atoms with Gasteiger partial charge in [-0.05, 0) is 56.2 Å². The standard InChI is InChI=1S/C24H26N2O2S/c1-16-18(3)29-24-22(16)14-25(17(2)19-8-6-5-7-9-19)15-26(24)23(27)20-10-12-21(28-4)13-11-20/h5-13,17H,14-15H2,1-4H3. The van der Waals surface area contributed by atoms with Gasteiger partial charge in [-0.2, -0.15) is 0 Å². The summed E-state index contributed by atoms with van der Waals surface area (Å²) in [7, 11) is 1.63. The van der Waals surface area contributed by atoms with Crippen LogP contribution in [0.15, 0.2) is 54.6 Å². The summed E-state index contributed by atoms with van der Waals surface area (Å²) < 4.78 is 5.24. The van der Waals surface area contributed by atoms with E-state index in [0.717, 1.165) is 17.3 Å². The number of methoxy groups -OCH3 is 1. The predicted molar refractivity (Wildman–Crippen MR) is 119 cm³/mol. The summed E-state index contributed by atoms with van der Waals surface area (Å²) in [6.45, 7) is 7.95. The molecule has 1 aliphatic rings. The number of ether oxygens (including phenoxy) is 1. The van der Waals surface area contributed by atoms with Crippen molar-refractivity contribution in [3.05, 3.63) is 81.7 Å². The van der Waals surface area contributed by atoms with Gasteiger partial charge in [0.05, 0.1) is 13.8 Å². The number of fused-ring (bicyclic) bond motifs is 1. The fraction of sp³-hybridized carbons (Fsp3) is 0.292. The van der Waals surface area contributed by atoms with Crippen molar-refractivity contribution in [3.63, 3.8) is 0 Å². The Morgan fingerprint density at radius 2 is 1.76 bits per heavy atom. The Bertz CT molecular complexity index is 1010. The van der Waals surface area contributed by atoms with E-state index in [1.54, 1.807) is 18.4 Å². The number of carbonyl (C=O) groups excluding carboxylic acids is 1. The zero-order valence-electron chi connectivity index (χ0n) is 17.3. The third-order valence-electron chi connectivity index (χ3n) is 5.83. The Kier molecular flexibility index (Phi) is 5.43. The molecule has 0 N–H and O–H groups in total. The minimum atomic E-state index is 0.0279. The molecular formula is C24H26N2O2S. The van der Waals surface area contributed by atoms with E-state index >= 15 is 0 Å². The SMILES string of the molecule is COc1ccc(C(=O)N2CN(C(C)c3ccccc3)Cc3c2sc(C)c3C)cc1. The highest BCUT2D eigenvalue weighted by molar-refractivity contribution is 7.16. The third kappa shape index (κ3) is 3.68. The van der Waals surface area contributed by atoms with E-state index in [2.05, 4.69) is 49.9 Å². The Balaban J connectivity index is 1.70. The lowest BCUT2D eigenvalue weighted by Crippen LogP contribution is -2.46. The highest BCUT2D eigenvalue weighted by atomic mass is 32.1. The monoisotopic (exact) mass is 406 g/mol. The van der Waals surface area contributed by atoms with Gasteiger partial charge in [-0.3, -0.25) is 14.6 Å². The number of anilines is 1. The Morgan fingerprint density at radius 1 is 1.07 bits per heavy atom. The summed E-state index contributed by atoms with van der Waals surface area (Å²) in [5.74, 6) is 0.781. The lowest BCUT2D eigenvalue weighted by Gasteiger charge is -2.39. The van der Waals surface area contributed by atoms with Gasteiger partial charge < -0.3 is 4.74 Å². The first-order valence-electron chi connectivity index (χ1n) is 9.83. The van der Waals surface area contributed by atoms with Crippen molar-refractivity contribution in [2.45, 2.75) is 33.4 Å². The summed E-state index contributed by atoms with van der Waals surface area (Å²) in [5.41, 5.74) is 4.50. The van der Waals surface area contributed by atoms with Crippen molar-refractivity contribution in [2.24, 2.45) is 0 Å². The average Bonchev–Trinajstić information content (AvgIpc) is 3.06. The van der Waals surface area contributed by atoms with Crippen molar-refractivity contribution >= 4 is 22.2 Å². The second-order valence-corrected chi connectivity index (χ2v) is 8.71. The molecule has 4 nitrogen and oxygen atoms in total. The summed E-state index contributed by atoms with van der Waals surface area (Å²) in [5, 5.41) is 1.08. The zero-order valence-corrected chi connectivity index (χ0v) is 18.1. The van der Waals surface area contributed by atoms with E-state index in [-0.39, 0.29) is 11.9 Å². The molecule has 1 unspecified atom stereocenters. The van der Waals surface area contributed by atoms with Crippen molar-refractivity contribution < 1.29 is 9.53 Å². The number of hydrogen-bond donors (Lipinski definition) is 0. The van der Waals surface area contributed by atoms with Crippen LogP contribution in [0.2, 0.25) is 0 Å². The molecular weight excluding hydrogens is 380 g/mol. The molecule has 0 radical (unpaired) electrons. The van der Waals surface area contributed by atoms with E-state index in [1.807, 2.05) is 35.2 Å². The summed E-state index contributed by atoms with van der Waals surface area (Å²) >= 11 is 1.72. The van der Waals surface area contributed by atoms with Crippen LogP contribution < -0.4 is 9.64 Å². The van der Waals surface area contributed by atoms with Crippen LogP contribution >= 0.6 is 11.3 Å². The first kappa shape index (κ1) is 19.7. The lowest BCUT2D eigenvalue weighted by atomic mass is 10.0. The molecule has 29 heavy (non-hydrogen) atoms. The molecule has 1 aromatic heterocycles. The number of thiophene rings is 1. The quantitative estimate of drug-likeness (QED) is 0.569. The van der Waals surface area contributed by atoms with E-state index in [0.29, 0.717) is 12.2 Å². The number of nitrogens with zero attached hydrogens (tertiary/aromatic N) is 2. The third-order valence-corrected chi connectivity index (χ3v) is 7.10. The maximum absolute atomic E-state index is 13.5. The molecule has 3 aromatic rings. The predicted octanol–water partition coefficient (Wildman–Crippen LogP) is 5.55. The highest BCUT2D eigenvalue weighted by Crippen LogP contribution is 2.41. The number of amides is 1. The molecule has 0 spiro atoms. The summed E-state index contributed by atoms with van der Waals surface area (Å²) in [6, 6.07) is 18.1. The molecule has 0 aliphatic carbocycles. The molecule has 0 saturated carbocycles. The minimum Gasteiger partial charge on any atom is -0.497 e. The van der Waals surface area contributed by atoms with Gasteiger partial charge in [0.2, 0.25) is 0 Å². The number of carbonyl (C=O) groups is 1. The normalized spacial score (nSPS) is 15.1. The largest absolute Gasteiger partial charge is 0.497 e. The Hall–Kier alpha value is -2.63. The van der Waals surface area contributed by atoms with Crippen LogP contribution in [0.25, 0.3) is 0 Å². The van der Waals surface area contributed by atoms with Gasteiger partial charge in [0.25, 0.3) is 5.91 Å². The van der Waals surface area contributed by atoms with Gasteiger partial charge >= 0.3 is 0 Å². The van der Waals surface area contributed by atoms with E-state index < -0.39 is 0 Å². The fourth-order valence-corrected chi connectivity index (χ4v) is 4.96. The van der Waals surface area contributed by atoms with Crippen molar-refractivity contribution in [1.29, 1.82) is 0 Å². The molecule has 2 aromatic carbocycles. The van der Waals surface area contributed by atoms with E-state index in [4.69, 9.17) is 4.74 Å². The molecule has 1 aliphatic heterocycles. The second-order valence-electron chi connectivity index (χ2n) is 7.50. The minimum absolute atomic E-state index is 0.0279. The highest BCUT2D eigenvalue weighted by Gasteiger charge is 2.33. The Labute approximate surface area is 176 Å². The van der Waals surface area contributed by atoms with Gasteiger partial charge in [-0.15, -0.1) is 11.3 Å². The first-order valence-corrected chi connectivity index (χ1v) is 10.6. The van der Waals surface area contributed by atoms with Crippen molar-refractivity contribution in [2.75, 3.05) is 18.7 Å². The number of rotatable bonds is 4. The van der Waals surface area contributed by atoms with Gasteiger partial charge in [0.1, 0.15) is 10.8 Å². The van der Waals surface area contributed by atoms with Crippen LogP contribution in [-0.4, -0.2) is 24.6 Å². The van der Waals surface area contributed by atoms with Crippen LogP contribution in [0.5, 0.6) is 5.75 Å². The van der Waals surface area contributed by atoms with E-state index in [1.165, 1.54) is 21.6 Å². The molecule has 4 rings (SSSR count). The topological polar surface area (TPSA) is 32.8 Å². The van der Waals surface area contributed by atoms with Crippen molar-refractivity contribution in [3.8, 4) is 5.75 Å². The average molecular weight is 407 g/mol. The van der Waals surface area contributed by atoms with Crippen molar-refractivity contribution in [1.82, 2.24) is 4.90 Å². The molecule has 2 heterocycles. The summed E-state index contributed by atoms with van der Waals surface area (Å²) in [4.78, 5) is 19.0. The van der Waals surface area contributed by atoms with Crippen LogP contribution in [0.4, 0.5) is 5.00 Å². The van der Waals surface area contributed by atoms with E-state index in [9.17, 15) is 4.79 Å². The molecule has 0 saturated heterocycles. The van der Waals surface area contributed by atoms with Gasteiger partial charge in [-0.1, -0.05) is 30.3 Å². The number of hydrogen-bond acceptors (Lipinski definition) is 4. The maximum atomic E-state index is 13.5. The van der Waals surface area contributed by atoms with Crippen LogP contribution in [0.1, 0.15) is 44.9 Å². The van der Waals surface area contributed by atoms with Crippen LogP contribution in [0, 0.1) is 13.8 Å². The molecule has 1 amide bonds. The molecule has 0 bridgehead atoms. The second kappa shape index (κ2) is 8.01. The molecule has 150 valence electrons. The lowest BCUT2D eigenvalue weighted by molar-refractivity contribution is 0.0943. The Morgan fingerprint density at radius 3 is 2.41 bits per heavy atom. The smallest absolute Gasteiger partial charge is 0.260 e. The van der Waals surface area contributed by atoms with Gasteiger partial charge in [0, 0.05) is 28.6 Å². The molecule has 5 heteroatoms. The maximum Gasteiger partial charge on any atom is 0.260 e. The van der Waals surface area contributed by atoms with Crippen LogP contribution in [-0.2, 0) is 6.54 Å². The van der Waals surface area contributed by atoms with Crippen LogP contribution in [0.3, 0.4) is 0 Å². The zero-order chi connectivity index (χ0) is 20.5. The fourth-order valence-electron chi connectivity index (χ4n) is 3.81. The number of aryl methyl sites for hydroxylation is 1. The van der Waals surface area contributed by atoms with Gasteiger partial charge in [0.15, 0.2) is 0 Å². The number of benzene rings is 2.